The highest BCUT2D eigenvalue weighted by Gasteiger charge is 2.29. The van der Waals surface area contributed by atoms with E-state index in [1.165, 1.54) is 4.90 Å². The van der Waals surface area contributed by atoms with Gasteiger partial charge in [-0.05, 0) is 31.4 Å². The van der Waals surface area contributed by atoms with E-state index in [4.69, 9.17) is 5.11 Å². The number of amides is 2. The Labute approximate surface area is 136 Å². The third kappa shape index (κ3) is 5.09. The van der Waals surface area contributed by atoms with Crippen LogP contribution in [0.3, 0.4) is 0 Å². The molecule has 0 bridgehead atoms. The predicted octanol–water partition coefficient (Wildman–Crippen LogP) is 1.68. The van der Waals surface area contributed by atoms with Crippen LogP contribution in [-0.4, -0.2) is 46.9 Å². The van der Waals surface area contributed by atoms with E-state index in [0.29, 0.717) is 5.56 Å². The zero-order valence-corrected chi connectivity index (χ0v) is 14.0. The van der Waals surface area contributed by atoms with Crippen molar-refractivity contribution in [3.8, 4) is 0 Å². The average Bonchev–Trinajstić information content (AvgIpc) is 2.49. The molecule has 0 aliphatic rings. The molecule has 0 saturated heterocycles. The first-order chi connectivity index (χ1) is 10.8. The Kier molecular flexibility index (Phi) is 6.75. The number of hydrogen-bond donors (Lipinski definition) is 2. The first-order valence-corrected chi connectivity index (χ1v) is 7.65. The van der Waals surface area contributed by atoms with E-state index in [1.807, 2.05) is 32.9 Å². The average molecular weight is 320 g/mol. The van der Waals surface area contributed by atoms with Gasteiger partial charge in [0.2, 0.25) is 5.91 Å². The monoisotopic (exact) mass is 320 g/mol. The Morgan fingerprint density at radius 3 is 2.30 bits per heavy atom. The van der Waals surface area contributed by atoms with E-state index in [0.717, 1.165) is 5.56 Å². The summed E-state index contributed by atoms with van der Waals surface area (Å²) in [5.41, 5.74) is 1.32. The van der Waals surface area contributed by atoms with Crippen molar-refractivity contribution in [3.63, 3.8) is 0 Å². The molecule has 2 amide bonds. The van der Waals surface area contributed by atoms with Gasteiger partial charge in [0.15, 0.2) is 0 Å². The molecule has 0 saturated carbocycles. The standard InChI is InChI=1S/C17H24N2O4/c1-5-19(10-14(20)21)17(23)15(11(2)3)18-16(22)13-9-7-6-8-12(13)4/h6-9,11,15H,5,10H2,1-4H3,(H,18,22)(H,20,21). The first kappa shape index (κ1) is 18.7. The summed E-state index contributed by atoms with van der Waals surface area (Å²) < 4.78 is 0. The number of carbonyl (C=O) groups is 3. The molecule has 0 aromatic heterocycles. The largest absolute Gasteiger partial charge is 0.480 e. The van der Waals surface area contributed by atoms with Gasteiger partial charge in [0.25, 0.3) is 5.91 Å². The number of aryl methyl sites for hydroxylation is 1. The number of likely N-dealkylation sites (N-methyl/N-ethyl adjacent to an activating group) is 1. The SMILES string of the molecule is CCN(CC(=O)O)C(=O)C(NC(=O)c1ccccc1C)C(C)C. The summed E-state index contributed by atoms with van der Waals surface area (Å²) in [5, 5.41) is 11.6. The van der Waals surface area contributed by atoms with Crippen LogP contribution in [0.15, 0.2) is 24.3 Å². The second-order valence-corrected chi connectivity index (χ2v) is 5.76. The molecule has 0 spiro atoms. The maximum atomic E-state index is 12.6. The van der Waals surface area contributed by atoms with E-state index in [-0.39, 0.29) is 30.8 Å². The molecule has 6 nitrogen and oxygen atoms in total. The molecule has 0 heterocycles. The van der Waals surface area contributed by atoms with Gasteiger partial charge in [-0.15, -0.1) is 0 Å². The zero-order valence-electron chi connectivity index (χ0n) is 14.0. The van der Waals surface area contributed by atoms with Gasteiger partial charge in [-0.3, -0.25) is 14.4 Å². The highest BCUT2D eigenvalue weighted by molar-refractivity contribution is 5.99. The Balaban J connectivity index is 2.94. The van der Waals surface area contributed by atoms with Crippen molar-refractivity contribution < 1.29 is 19.5 Å². The van der Waals surface area contributed by atoms with E-state index >= 15 is 0 Å². The number of carbonyl (C=O) groups excluding carboxylic acids is 2. The fourth-order valence-corrected chi connectivity index (χ4v) is 2.27. The van der Waals surface area contributed by atoms with E-state index in [2.05, 4.69) is 5.32 Å². The minimum Gasteiger partial charge on any atom is -0.480 e. The maximum Gasteiger partial charge on any atom is 0.323 e. The lowest BCUT2D eigenvalue weighted by molar-refractivity contribution is -0.145. The summed E-state index contributed by atoms with van der Waals surface area (Å²) in [6, 6.07) is 6.35. The normalized spacial score (nSPS) is 11.9. The Bertz CT molecular complexity index is 584. The van der Waals surface area contributed by atoms with Crippen LogP contribution < -0.4 is 5.32 Å². The van der Waals surface area contributed by atoms with Crippen LogP contribution in [-0.2, 0) is 9.59 Å². The third-order valence-corrected chi connectivity index (χ3v) is 3.63. The summed E-state index contributed by atoms with van der Waals surface area (Å²) in [7, 11) is 0. The summed E-state index contributed by atoms with van der Waals surface area (Å²) in [6.07, 6.45) is 0. The number of benzene rings is 1. The number of rotatable bonds is 7. The molecule has 0 aliphatic carbocycles. The molecular weight excluding hydrogens is 296 g/mol. The number of nitrogens with zero attached hydrogens (tertiary/aromatic N) is 1. The maximum absolute atomic E-state index is 12.6. The summed E-state index contributed by atoms with van der Waals surface area (Å²) in [6.45, 7) is 7.06. The molecule has 0 fully saturated rings. The van der Waals surface area contributed by atoms with Crippen LogP contribution in [0.25, 0.3) is 0 Å². The first-order valence-electron chi connectivity index (χ1n) is 7.65. The second-order valence-electron chi connectivity index (χ2n) is 5.76. The number of hydrogen-bond acceptors (Lipinski definition) is 3. The molecule has 23 heavy (non-hydrogen) atoms. The lowest BCUT2D eigenvalue weighted by atomic mass is 10.0. The summed E-state index contributed by atoms with van der Waals surface area (Å²) >= 11 is 0. The molecule has 1 unspecified atom stereocenters. The Morgan fingerprint density at radius 2 is 1.83 bits per heavy atom. The lowest BCUT2D eigenvalue weighted by Gasteiger charge is -2.28. The summed E-state index contributed by atoms with van der Waals surface area (Å²) in [5.74, 6) is -1.94. The van der Waals surface area contributed by atoms with Crippen LogP contribution >= 0.6 is 0 Å². The topological polar surface area (TPSA) is 86.7 Å². The summed E-state index contributed by atoms with van der Waals surface area (Å²) in [4.78, 5) is 37.1. The van der Waals surface area contributed by atoms with Gasteiger partial charge in [-0.2, -0.15) is 0 Å². The molecule has 126 valence electrons. The smallest absolute Gasteiger partial charge is 0.323 e. The fourth-order valence-electron chi connectivity index (χ4n) is 2.27. The second kappa shape index (κ2) is 8.31. The van der Waals surface area contributed by atoms with Gasteiger partial charge in [0.1, 0.15) is 12.6 Å². The van der Waals surface area contributed by atoms with Gasteiger partial charge in [0.05, 0.1) is 0 Å². The van der Waals surface area contributed by atoms with Gasteiger partial charge < -0.3 is 15.3 Å². The van der Waals surface area contributed by atoms with Crippen LogP contribution in [0.4, 0.5) is 0 Å². The molecule has 1 aromatic rings. The zero-order chi connectivity index (χ0) is 17.6. The minimum atomic E-state index is -1.08. The Morgan fingerprint density at radius 1 is 1.22 bits per heavy atom. The van der Waals surface area contributed by atoms with Crippen molar-refractivity contribution in [2.24, 2.45) is 5.92 Å². The molecule has 0 radical (unpaired) electrons. The van der Waals surface area contributed by atoms with Crippen LogP contribution in [0.1, 0.15) is 36.7 Å². The molecule has 6 heteroatoms. The van der Waals surface area contributed by atoms with Crippen LogP contribution in [0, 0.1) is 12.8 Å². The number of carboxylic acid groups (broad SMARTS) is 1. The number of nitrogens with one attached hydrogen (secondary N) is 1. The van der Waals surface area contributed by atoms with Gasteiger partial charge >= 0.3 is 5.97 Å². The van der Waals surface area contributed by atoms with Crippen molar-refractivity contribution in [2.45, 2.75) is 33.7 Å². The van der Waals surface area contributed by atoms with Crippen molar-refractivity contribution in [2.75, 3.05) is 13.1 Å². The van der Waals surface area contributed by atoms with Crippen molar-refractivity contribution >= 4 is 17.8 Å². The molecule has 1 rings (SSSR count). The van der Waals surface area contributed by atoms with Gasteiger partial charge in [-0.1, -0.05) is 32.0 Å². The molecule has 1 aromatic carbocycles. The molecular formula is C17H24N2O4. The van der Waals surface area contributed by atoms with E-state index < -0.39 is 12.0 Å². The van der Waals surface area contributed by atoms with Gasteiger partial charge in [0, 0.05) is 12.1 Å². The third-order valence-electron chi connectivity index (χ3n) is 3.63. The highest BCUT2D eigenvalue weighted by atomic mass is 16.4. The van der Waals surface area contributed by atoms with Crippen molar-refractivity contribution in [1.29, 1.82) is 0 Å². The molecule has 0 aliphatic heterocycles. The Hall–Kier alpha value is -2.37. The molecule has 1 atom stereocenters. The van der Waals surface area contributed by atoms with E-state index in [1.54, 1.807) is 19.1 Å². The fraction of sp³-hybridized carbons (Fsp3) is 0.471. The van der Waals surface area contributed by atoms with E-state index in [9.17, 15) is 14.4 Å². The predicted molar refractivity (Wildman–Crippen MR) is 87.2 cm³/mol. The molecule has 2 N–H and O–H groups in total. The van der Waals surface area contributed by atoms with Crippen LogP contribution in [0.2, 0.25) is 0 Å². The number of aliphatic carboxylic acids is 1. The van der Waals surface area contributed by atoms with Gasteiger partial charge in [-0.25, -0.2) is 0 Å². The van der Waals surface area contributed by atoms with Crippen LogP contribution in [0.5, 0.6) is 0 Å². The highest BCUT2D eigenvalue weighted by Crippen LogP contribution is 2.11. The lowest BCUT2D eigenvalue weighted by Crippen LogP contribution is -2.52. The minimum absolute atomic E-state index is 0.154. The quantitative estimate of drug-likeness (QED) is 0.800. The van der Waals surface area contributed by atoms with Crippen molar-refractivity contribution in [1.82, 2.24) is 10.2 Å². The van der Waals surface area contributed by atoms with Crippen molar-refractivity contribution in [3.05, 3.63) is 35.4 Å². The number of carboxylic acids is 1.